The van der Waals surface area contributed by atoms with E-state index in [0.29, 0.717) is 35.8 Å². The number of benzene rings is 2. The van der Waals surface area contributed by atoms with Gasteiger partial charge in [-0.2, -0.15) is 0 Å². The fraction of sp³-hybridized carbons (Fsp3) is 0.188. The van der Waals surface area contributed by atoms with E-state index in [2.05, 4.69) is 0 Å². The molecule has 2 N–H and O–H groups in total. The second kappa shape index (κ2) is 5.44. The van der Waals surface area contributed by atoms with E-state index < -0.39 is 5.82 Å². The lowest BCUT2D eigenvalue weighted by Gasteiger charge is -2.09. The quantitative estimate of drug-likeness (QED) is 0.681. The highest BCUT2D eigenvalue weighted by molar-refractivity contribution is 6.09. The minimum Gasteiger partial charge on any atom is -0.490 e. The van der Waals surface area contributed by atoms with E-state index in [1.807, 2.05) is 0 Å². The lowest BCUT2D eigenvalue weighted by Crippen LogP contribution is -2.04. The molecule has 0 bridgehead atoms. The van der Waals surface area contributed by atoms with Crippen molar-refractivity contribution in [2.24, 2.45) is 0 Å². The molecule has 2 aromatic rings. The third-order valence-corrected chi connectivity index (χ3v) is 3.27. The molecule has 0 atom stereocenters. The molecule has 0 saturated heterocycles. The highest BCUT2D eigenvalue weighted by Gasteiger charge is 2.16. The van der Waals surface area contributed by atoms with Gasteiger partial charge in [0.05, 0.1) is 18.9 Å². The van der Waals surface area contributed by atoms with Crippen molar-refractivity contribution in [1.82, 2.24) is 0 Å². The van der Waals surface area contributed by atoms with Gasteiger partial charge >= 0.3 is 0 Å². The number of nitrogens with two attached hydrogens (primary N) is 1. The SMILES string of the molecule is Nc1cc(C(=O)c2ccc3c(c2)OCCCO3)ccc1F. The van der Waals surface area contributed by atoms with E-state index in [1.165, 1.54) is 18.2 Å². The lowest BCUT2D eigenvalue weighted by atomic mass is 10.0. The smallest absolute Gasteiger partial charge is 0.193 e. The van der Waals surface area contributed by atoms with Gasteiger partial charge in [0.25, 0.3) is 0 Å². The van der Waals surface area contributed by atoms with Crippen molar-refractivity contribution in [2.45, 2.75) is 6.42 Å². The van der Waals surface area contributed by atoms with Crippen LogP contribution in [-0.4, -0.2) is 19.0 Å². The molecular formula is C16H14FNO3. The van der Waals surface area contributed by atoms with Gasteiger partial charge in [-0.3, -0.25) is 4.79 Å². The second-order valence-corrected chi connectivity index (χ2v) is 4.78. The number of hydrogen-bond donors (Lipinski definition) is 1. The van der Waals surface area contributed by atoms with Crippen molar-refractivity contribution in [3.8, 4) is 11.5 Å². The second-order valence-electron chi connectivity index (χ2n) is 4.78. The molecule has 21 heavy (non-hydrogen) atoms. The summed E-state index contributed by atoms with van der Waals surface area (Å²) in [7, 11) is 0. The van der Waals surface area contributed by atoms with Gasteiger partial charge in [-0.05, 0) is 36.4 Å². The van der Waals surface area contributed by atoms with E-state index in [9.17, 15) is 9.18 Å². The Morgan fingerprint density at radius 1 is 1.00 bits per heavy atom. The Morgan fingerprint density at radius 3 is 2.43 bits per heavy atom. The number of ketones is 1. The van der Waals surface area contributed by atoms with Gasteiger partial charge in [-0.1, -0.05) is 0 Å². The molecule has 0 saturated carbocycles. The van der Waals surface area contributed by atoms with E-state index in [4.69, 9.17) is 15.2 Å². The van der Waals surface area contributed by atoms with E-state index >= 15 is 0 Å². The molecule has 1 aliphatic rings. The molecular weight excluding hydrogens is 273 g/mol. The van der Waals surface area contributed by atoms with Crippen LogP contribution < -0.4 is 15.2 Å². The Hall–Kier alpha value is -2.56. The van der Waals surface area contributed by atoms with Crippen LogP contribution in [0.15, 0.2) is 36.4 Å². The molecule has 0 spiro atoms. The Balaban J connectivity index is 1.94. The van der Waals surface area contributed by atoms with E-state index in [1.54, 1.807) is 18.2 Å². The number of hydrogen-bond acceptors (Lipinski definition) is 4. The summed E-state index contributed by atoms with van der Waals surface area (Å²) in [5.74, 6) is 0.402. The first-order valence-corrected chi connectivity index (χ1v) is 6.64. The van der Waals surface area contributed by atoms with Gasteiger partial charge in [0.1, 0.15) is 5.82 Å². The van der Waals surface area contributed by atoms with Crippen LogP contribution >= 0.6 is 0 Å². The fourth-order valence-corrected chi connectivity index (χ4v) is 2.16. The Bertz CT molecular complexity index is 700. The number of anilines is 1. The Kier molecular flexibility index (Phi) is 3.48. The largest absolute Gasteiger partial charge is 0.490 e. The van der Waals surface area contributed by atoms with Gasteiger partial charge in [-0.15, -0.1) is 0 Å². The molecule has 0 fully saturated rings. The summed E-state index contributed by atoms with van der Waals surface area (Å²) in [4.78, 5) is 12.4. The van der Waals surface area contributed by atoms with Crippen LogP contribution in [0.1, 0.15) is 22.3 Å². The number of ether oxygens (including phenoxy) is 2. The molecule has 0 amide bonds. The number of fused-ring (bicyclic) bond motifs is 1. The monoisotopic (exact) mass is 287 g/mol. The van der Waals surface area contributed by atoms with Crippen molar-refractivity contribution < 1.29 is 18.7 Å². The number of rotatable bonds is 2. The summed E-state index contributed by atoms with van der Waals surface area (Å²) in [6, 6.07) is 8.95. The average molecular weight is 287 g/mol. The normalized spacial score (nSPS) is 13.6. The first-order chi connectivity index (χ1) is 10.1. The summed E-state index contributed by atoms with van der Waals surface area (Å²) in [5.41, 5.74) is 6.24. The van der Waals surface area contributed by atoms with Crippen molar-refractivity contribution in [2.75, 3.05) is 18.9 Å². The third-order valence-electron chi connectivity index (χ3n) is 3.27. The van der Waals surface area contributed by atoms with Crippen LogP contribution in [0, 0.1) is 5.82 Å². The molecule has 0 radical (unpaired) electrons. The molecule has 108 valence electrons. The molecule has 1 aliphatic heterocycles. The zero-order valence-electron chi connectivity index (χ0n) is 11.3. The first-order valence-electron chi connectivity index (χ1n) is 6.64. The molecule has 0 aliphatic carbocycles. The molecule has 0 unspecified atom stereocenters. The van der Waals surface area contributed by atoms with Gasteiger partial charge in [-0.25, -0.2) is 4.39 Å². The zero-order valence-corrected chi connectivity index (χ0v) is 11.3. The van der Waals surface area contributed by atoms with Crippen molar-refractivity contribution >= 4 is 11.5 Å². The number of nitrogen functional groups attached to an aromatic ring is 1. The van der Waals surface area contributed by atoms with E-state index in [-0.39, 0.29) is 11.5 Å². The van der Waals surface area contributed by atoms with Crippen LogP contribution in [0.5, 0.6) is 11.5 Å². The summed E-state index contributed by atoms with van der Waals surface area (Å²) in [6.45, 7) is 1.14. The molecule has 0 aromatic heterocycles. The van der Waals surface area contributed by atoms with Crippen molar-refractivity contribution in [3.63, 3.8) is 0 Å². The minimum atomic E-state index is -0.537. The van der Waals surface area contributed by atoms with Crippen LogP contribution in [0.3, 0.4) is 0 Å². The predicted octanol–water partition coefficient (Wildman–Crippen LogP) is 2.80. The molecule has 5 heteroatoms. The van der Waals surface area contributed by atoms with Gasteiger partial charge in [0.2, 0.25) is 0 Å². The summed E-state index contributed by atoms with van der Waals surface area (Å²) >= 11 is 0. The maximum Gasteiger partial charge on any atom is 0.193 e. The number of halogens is 1. The van der Waals surface area contributed by atoms with Crippen molar-refractivity contribution in [3.05, 3.63) is 53.3 Å². The van der Waals surface area contributed by atoms with Gasteiger partial charge < -0.3 is 15.2 Å². The Morgan fingerprint density at radius 2 is 1.67 bits per heavy atom. The highest BCUT2D eigenvalue weighted by Crippen LogP contribution is 2.31. The fourth-order valence-electron chi connectivity index (χ4n) is 2.16. The maximum absolute atomic E-state index is 13.2. The van der Waals surface area contributed by atoms with Crippen LogP contribution in [-0.2, 0) is 0 Å². The minimum absolute atomic E-state index is 0.0461. The van der Waals surface area contributed by atoms with Crippen molar-refractivity contribution in [1.29, 1.82) is 0 Å². The molecule has 1 heterocycles. The first kappa shape index (κ1) is 13.4. The highest BCUT2D eigenvalue weighted by atomic mass is 19.1. The van der Waals surface area contributed by atoms with Gasteiger partial charge in [0.15, 0.2) is 17.3 Å². The summed E-state index contributed by atoms with van der Waals surface area (Å²) < 4.78 is 24.2. The maximum atomic E-state index is 13.2. The standard InChI is InChI=1S/C16H14FNO3/c17-12-4-2-10(8-13(12)18)16(19)11-3-5-14-15(9-11)21-7-1-6-20-14/h2-5,8-9H,1,6-7,18H2. The number of carbonyl (C=O) groups is 1. The van der Waals surface area contributed by atoms with E-state index in [0.717, 1.165) is 6.42 Å². The Labute approximate surface area is 121 Å². The number of carbonyl (C=O) groups excluding carboxylic acids is 1. The molecule has 2 aromatic carbocycles. The lowest BCUT2D eigenvalue weighted by molar-refractivity contribution is 0.103. The van der Waals surface area contributed by atoms with Gasteiger partial charge in [0, 0.05) is 17.5 Å². The predicted molar refractivity (Wildman–Crippen MR) is 76.3 cm³/mol. The van der Waals surface area contributed by atoms with Crippen LogP contribution in [0.2, 0.25) is 0 Å². The molecule has 3 rings (SSSR count). The summed E-state index contributed by atoms with van der Waals surface area (Å²) in [5, 5.41) is 0. The van der Waals surface area contributed by atoms with Crippen LogP contribution in [0.25, 0.3) is 0 Å². The topological polar surface area (TPSA) is 61.6 Å². The molecule has 4 nitrogen and oxygen atoms in total. The summed E-state index contributed by atoms with van der Waals surface area (Å²) in [6.07, 6.45) is 0.798. The zero-order chi connectivity index (χ0) is 14.8. The average Bonchev–Trinajstić information content (AvgIpc) is 2.73. The van der Waals surface area contributed by atoms with Crippen LogP contribution in [0.4, 0.5) is 10.1 Å². The third kappa shape index (κ3) is 2.67.